The molecule has 0 aromatic heterocycles. The Kier molecular flexibility index (Phi) is 4.19. The molecule has 17 heavy (non-hydrogen) atoms. The van der Waals surface area contributed by atoms with Crippen molar-refractivity contribution in [3.8, 4) is 0 Å². The van der Waals surface area contributed by atoms with E-state index in [0.717, 1.165) is 6.54 Å². The SMILES string of the molecule is CC1(C(CO)NCc2ccccc2)CCCC1. The van der Waals surface area contributed by atoms with Gasteiger partial charge in [-0.2, -0.15) is 0 Å². The van der Waals surface area contributed by atoms with Crippen molar-refractivity contribution in [1.82, 2.24) is 5.32 Å². The quantitative estimate of drug-likeness (QED) is 0.819. The Morgan fingerprint density at radius 1 is 1.24 bits per heavy atom. The van der Waals surface area contributed by atoms with Crippen LogP contribution in [0.3, 0.4) is 0 Å². The van der Waals surface area contributed by atoms with Crippen LogP contribution < -0.4 is 5.32 Å². The standard InChI is InChI=1S/C15H23NO/c1-15(9-5-6-10-15)14(12-17)16-11-13-7-3-2-4-8-13/h2-4,7-8,14,16-17H,5-6,9-12H2,1H3. The minimum atomic E-state index is 0.227. The maximum absolute atomic E-state index is 9.57. The van der Waals surface area contributed by atoms with Crippen molar-refractivity contribution in [3.63, 3.8) is 0 Å². The fourth-order valence-electron chi connectivity index (χ4n) is 2.90. The van der Waals surface area contributed by atoms with E-state index >= 15 is 0 Å². The third-order valence-electron chi connectivity index (χ3n) is 4.17. The highest BCUT2D eigenvalue weighted by molar-refractivity contribution is 5.14. The number of nitrogens with one attached hydrogen (secondary N) is 1. The Hall–Kier alpha value is -0.860. The Labute approximate surface area is 104 Å². The molecule has 1 saturated carbocycles. The van der Waals surface area contributed by atoms with Crippen molar-refractivity contribution >= 4 is 0 Å². The minimum Gasteiger partial charge on any atom is -0.395 e. The molecular formula is C15H23NO. The topological polar surface area (TPSA) is 32.3 Å². The van der Waals surface area contributed by atoms with Crippen molar-refractivity contribution in [2.45, 2.75) is 45.2 Å². The molecule has 2 N–H and O–H groups in total. The predicted molar refractivity (Wildman–Crippen MR) is 70.7 cm³/mol. The maximum atomic E-state index is 9.57. The lowest BCUT2D eigenvalue weighted by Gasteiger charge is -2.33. The maximum Gasteiger partial charge on any atom is 0.0590 e. The van der Waals surface area contributed by atoms with E-state index in [0.29, 0.717) is 0 Å². The molecule has 1 aromatic carbocycles. The number of hydrogen-bond donors (Lipinski definition) is 2. The molecular weight excluding hydrogens is 210 g/mol. The van der Waals surface area contributed by atoms with E-state index in [1.54, 1.807) is 0 Å². The van der Waals surface area contributed by atoms with Crippen LogP contribution in [-0.4, -0.2) is 17.8 Å². The van der Waals surface area contributed by atoms with Gasteiger partial charge in [-0.3, -0.25) is 0 Å². The van der Waals surface area contributed by atoms with Gasteiger partial charge in [0.05, 0.1) is 6.61 Å². The molecule has 1 fully saturated rings. The van der Waals surface area contributed by atoms with E-state index in [1.807, 2.05) is 6.07 Å². The molecule has 0 amide bonds. The molecule has 1 aliphatic carbocycles. The largest absolute Gasteiger partial charge is 0.395 e. The monoisotopic (exact) mass is 233 g/mol. The van der Waals surface area contributed by atoms with Gasteiger partial charge in [0, 0.05) is 12.6 Å². The van der Waals surface area contributed by atoms with Gasteiger partial charge in [0.15, 0.2) is 0 Å². The molecule has 0 aliphatic heterocycles. The number of hydrogen-bond acceptors (Lipinski definition) is 2. The molecule has 0 bridgehead atoms. The summed E-state index contributed by atoms with van der Waals surface area (Å²) in [6.45, 7) is 3.39. The number of aliphatic hydroxyl groups is 1. The highest BCUT2D eigenvalue weighted by atomic mass is 16.3. The van der Waals surface area contributed by atoms with Gasteiger partial charge in [0.25, 0.3) is 0 Å². The Balaban J connectivity index is 1.92. The zero-order chi connectivity index (χ0) is 12.1. The van der Waals surface area contributed by atoms with Gasteiger partial charge in [0.2, 0.25) is 0 Å². The highest BCUT2D eigenvalue weighted by Crippen LogP contribution is 2.40. The van der Waals surface area contributed by atoms with Crippen LogP contribution in [0.2, 0.25) is 0 Å². The molecule has 0 spiro atoms. The van der Waals surface area contributed by atoms with E-state index in [2.05, 4.69) is 36.5 Å². The van der Waals surface area contributed by atoms with Crippen molar-refractivity contribution in [2.24, 2.45) is 5.41 Å². The van der Waals surface area contributed by atoms with Gasteiger partial charge in [-0.05, 0) is 23.8 Å². The molecule has 0 heterocycles. The summed E-state index contributed by atoms with van der Waals surface area (Å²) >= 11 is 0. The van der Waals surface area contributed by atoms with Gasteiger partial charge < -0.3 is 10.4 Å². The van der Waals surface area contributed by atoms with Crippen LogP contribution >= 0.6 is 0 Å². The second-order valence-corrected chi connectivity index (χ2v) is 5.46. The van der Waals surface area contributed by atoms with Crippen LogP contribution in [0.4, 0.5) is 0 Å². The van der Waals surface area contributed by atoms with Crippen molar-refractivity contribution < 1.29 is 5.11 Å². The molecule has 0 radical (unpaired) electrons. The molecule has 1 unspecified atom stereocenters. The zero-order valence-corrected chi connectivity index (χ0v) is 10.7. The molecule has 2 heteroatoms. The normalized spacial score (nSPS) is 20.4. The summed E-state index contributed by atoms with van der Waals surface area (Å²) in [6, 6.07) is 10.6. The van der Waals surface area contributed by atoms with Gasteiger partial charge in [0.1, 0.15) is 0 Å². The fraction of sp³-hybridized carbons (Fsp3) is 0.600. The fourth-order valence-corrected chi connectivity index (χ4v) is 2.90. The molecule has 2 rings (SSSR count). The summed E-state index contributed by atoms with van der Waals surface area (Å²) in [5, 5.41) is 13.1. The molecule has 1 aliphatic rings. The van der Waals surface area contributed by atoms with E-state index < -0.39 is 0 Å². The van der Waals surface area contributed by atoms with E-state index in [1.165, 1.54) is 31.2 Å². The lowest BCUT2D eigenvalue weighted by atomic mass is 9.81. The molecule has 94 valence electrons. The van der Waals surface area contributed by atoms with Gasteiger partial charge in [-0.25, -0.2) is 0 Å². The Morgan fingerprint density at radius 2 is 1.88 bits per heavy atom. The Morgan fingerprint density at radius 3 is 2.47 bits per heavy atom. The first-order valence-electron chi connectivity index (χ1n) is 6.63. The highest BCUT2D eigenvalue weighted by Gasteiger charge is 2.36. The zero-order valence-electron chi connectivity index (χ0n) is 10.7. The molecule has 1 atom stereocenters. The Bertz CT molecular complexity index is 330. The summed E-state index contributed by atoms with van der Waals surface area (Å²) in [4.78, 5) is 0. The third kappa shape index (κ3) is 3.08. The second-order valence-electron chi connectivity index (χ2n) is 5.46. The van der Waals surface area contributed by atoms with Crippen LogP contribution in [0.15, 0.2) is 30.3 Å². The van der Waals surface area contributed by atoms with E-state index in [9.17, 15) is 5.11 Å². The van der Waals surface area contributed by atoms with E-state index in [4.69, 9.17) is 0 Å². The van der Waals surface area contributed by atoms with Crippen molar-refractivity contribution in [2.75, 3.05) is 6.61 Å². The van der Waals surface area contributed by atoms with E-state index in [-0.39, 0.29) is 18.1 Å². The smallest absolute Gasteiger partial charge is 0.0590 e. The third-order valence-corrected chi connectivity index (χ3v) is 4.17. The van der Waals surface area contributed by atoms with Gasteiger partial charge in [-0.15, -0.1) is 0 Å². The molecule has 1 aromatic rings. The van der Waals surface area contributed by atoms with Crippen LogP contribution in [0.25, 0.3) is 0 Å². The summed E-state index contributed by atoms with van der Waals surface area (Å²) in [5.74, 6) is 0. The lowest BCUT2D eigenvalue weighted by Crippen LogP contribution is -2.44. The average Bonchev–Trinajstić information content (AvgIpc) is 2.79. The molecule has 0 saturated heterocycles. The summed E-state index contributed by atoms with van der Waals surface area (Å²) in [7, 11) is 0. The summed E-state index contributed by atoms with van der Waals surface area (Å²) in [6.07, 6.45) is 5.08. The molecule has 2 nitrogen and oxygen atoms in total. The van der Waals surface area contributed by atoms with Crippen LogP contribution in [0, 0.1) is 5.41 Å². The van der Waals surface area contributed by atoms with Gasteiger partial charge in [-0.1, -0.05) is 50.1 Å². The number of rotatable bonds is 5. The van der Waals surface area contributed by atoms with Gasteiger partial charge >= 0.3 is 0 Å². The van der Waals surface area contributed by atoms with Crippen LogP contribution in [0.1, 0.15) is 38.2 Å². The first kappa shape index (κ1) is 12.6. The van der Waals surface area contributed by atoms with Crippen molar-refractivity contribution in [3.05, 3.63) is 35.9 Å². The average molecular weight is 233 g/mol. The first-order chi connectivity index (χ1) is 8.24. The van der Waals surface area contributed by atoms with Crippen LogP contribution in [0.5, 0.6) is 0 Å². The first-order valence-corrected chi connectivity index (χ1v) is 6.63. The second kappa shape index (κ2) is 5.65. The number of aliphatic hydroxyl groups excluding tert-OH is 1. The lowest BCUT2D eigenvalue weighted by molar-refractivity contribution is 0.135. The predicted octanol–water partition coefficient (Wildman–Crippen LogP) is 2.72. The van der Waals surface area contributed by atoms with Crippen molar-refractivity contribution in [1.29, 1.82) is 0 Å². The minimum absolute atomic E-state index is 0.227. The summed E-state index contributed by atoms with van der Waals surface area (Å²) < 4.78 is 0. The number of benzene rings is 1. The van der Waals surface area contributed by atoms with Crippen LogP contribution in [-0.2, 0) is 6.54 Å². The summed E-state index contributed by atoms with van der Waals surface area (Å²) in [5.41, 5.74) is 1.57.